The number of amides is 1. The molecule has 0 unspecified atom stereocenters. The van der Waals surface area contributed by atoms with Gasteiger partial charge in [0.15, 0.2) is 0 Å². The van der Waals surface area contributed by atoms with Gasteiger partial charge in [-0.1, -0.05) is 12.1 Å². The molecule has 0 saturated carbocycles. The Hall–Kier alpha value is -1.96. The highest BCUT2D eigenvalue weighted by Gasteiger charge is 2.29. The van der Waals surface area contributed by atoms with E-state index in [0.29, 0.717) is 22.0 Å². The zero-order valence-electron chi connectivity index (χ0n) is 11.3. The molecule has 2 aromatic carbocycles. The number of carbonyl (C=O) groups excluding carboxylic acids is 1. The fourth-order valence-corrected chi connectivity index (χ4v) is 3.82. The van der Waals surface area contributed by atoms with Crippen molar-refractivity contribution < 1.29 is 18.3 Å². The van der Waals surface area contributed by atoms with Crippen LogP contribution in [0.5, 0.6) is 0 Å². The summed E-state index contributed by atoms with van der Waals surface area (Å²) in [4.78, 5) is 13.8. The lowest BCUT2D eigenvalue weighted by Gasteiger charge is -2.12. The number of hydrogen-bond acceptors (Lipinski definition) is 4. The van der Waals surface area contributed by atoms with Gasteiger partial charge in [-0.25, -0.2) is 13.1 Å². The van der Waals surface area contributed by atoms with Crippen molar-refractivity contribution in [3.63, 3.8) is 0 Å². The van der Waals surface area contributed by atoms with Crippen LogP contribution < -0.4 is 9.62 Å². The zero-order chi connectivity index (χ0) is 15.2. The second kappa shape index (κ2) is 4.80. The Morgan fingerprint density at radius 2 is 2.00 bits per heavy atom. The largest absolute Gasteiger partial charge is 0.395 e. The number of rotatable bonds is 4. The van der Waals surface area contributed by atoms with E-state index in [1.165, 1.54) is 11.0 Å². The average molecular weight is 306 g/mol. The summed E-state index contributed by atoms with van der Waals surface area (Å²) in [6.45, 7) is -0.328. The van der Waals surface area contributed by atoms with Gasteiger partial charge in [-0.2, -0.15) is 0 Å². The number of aliphatic hydroxyl groups excluding tert-OH is 1. The molecule has 2 N–H and O–H groups in total. The molecule has 1 aliphatic heterocycles. The molecule has 7 heteroatoms. The molecule has 21 heavy (non-hydrogen) atoms. The SMILES string of the molecule is CN1C(=O)c2cccc3c(S(=O)(=O)NCCO)ccc1c23. The Kier molecular flexibility index (Phi) is 3.20. The van der Waals surface area contributed by atoms with Crippen molar-refractivity contribution in [2.45, 2.75) is 4.90 Å². The summed E-state index contributed by atoms with van der Waals surface area (Å²) < 4.78 is 26.9. The molecule has 1 heterocycles. The predicted molar refractivity (Wildman–Crippen MR) is 79.0 cm³/mol. The lowest BCUT2D eigenvalue weighted by Crippen LogP contribution is -2.26. The summed E-state index contributed by atoms with van der Waals surface area (Å²) in [6, 6.07) is 8.15. The molecule has 0 radical (unpaired) electrons. The quantitative estimate of drug-likeness (QED) is 0.870. The van der Waals surface area contributed by atoms with E-state index >= 15 is 0 Å². The number of carbonyl (C=O) groups is 1. The minimum atomic E-state index is -3.73. The third-order valence-electron chi connectivity index (χ3n) is 3.57. The van der Waals surface area contributed by atoms with Gasteiger partial charge in [0.25, 0.3) is 5.91 Å². The standard InChI is InChI=1S/C14H14N2O4S/c1-16-11-5-6-12(21(19,20)15-7-8-17)9-3-2-4-10(13(9)11)14(16)18/h2-6,15,17H,7-8H2,1H3. The van der Waals surface area contributed by atoms with Crippen LogP contribution in [0.3, 0.4) is 0 Å². The topological polar surface area (TPSA) is 86.7 Å². The van der Waals surface area contributed by atoms with Crippen molar-refractivity contribution in [3.8, 4) is 0 Å². The fourth-order valence-electron chi connectivity index (χ4n) is 2.60. The molecule has 0 spiro atoms. The summed E-state index contributed by atoms with van der Waals surface area (Å²) in [5, 5.41) is 9.94. The molecule has 6 nitrogen and oxygen atoms in total. The molecule has 1 amide bonds. The van der Waals surface area contributed by atoms with Crippen LogP contribution in [0.2, 0.25) is 0 Å². The molecule has 0 bridgehead atoms. The van der Waals surface area contributed by atoms with Gasteiger partial charge in [0.05, 0.1) is 17.2 Å². The van der Waals surface area contributed by atoms with Crippen LogP contribution in [0.1, 0.15) is 10.4 Å². The zero-order valence-corrected chi connectivity index (χ0v) is 12.1. The molecule has 0 aliphatic carbocycles. The van der Waals surface area contributed by atoms with Crippen molar-refractivity contribution in [2.24, 2.45) is 0 Å². The lowest BCUT2D eigenvalue weighted by atomic mass is 10.1. The maximum atomic E-state index is 12.3. The number of benzene rings is 2. The van der Waals surface area contributed by atoms with Gasteiger partial charge >= 0.3 is 0 Å². The number of anilines is 1. The Labute approximate surface area is 122 Å². The third-order valence-corrected chi connectivity index (χ3v) is 5.09. The molecule has 2 aromatic rings. The van der Waals surface area contributed by atoms with Gasteiger partial charge in [-0.15, -0.1) is 0 Å². The Balaban J connectivity index is 2.28. The van der Waals surface area contributed by atoms with Crippen LogP contribution in [0.15, 0.2) is 35.2 Å². The summed E-state index contributed by atoms with van der Waals surface area (Å²) >= 11 is 0. The van der Waals surface area contributed by atoms with Gasteiger partial charge < -0.3 is 10.0 Å². The van der Waals surface area contributed by atoms with Gasteiger partial charge in [0.2, 0.25) is 10.0 Å². The number of aliphatic hydroxyl groups is 1. The second-order valence-corrected chi connectivity index (χ2v) is 6.53. The number of nitrogens with one attached hydrogen (secondary N) is 1. The first-order valence-electron chi connectivity index (χ1n) is 6.41. The molecule has 0 saturated heterocycles. The average Bonchev–Trinajstić information content (AvgIpc) is 2.72. The molecular formula is C14H14N2O4S. The molecule has 3 rings (SSSR count). The van der Waals surface area contributed by atoms with Crippen molar-refractivity contribution in [2.75, 3.05) is 25.1 Å². The van der Waals surface area contributed by atoms with Gasteiger partial charge in [0, 0.05) is 29.9 Å². The highest BCUT2D eigenvalue weighted by Crippen LogP contribution is 2.39. The first kappa shape index (κ1) is 14.0. The Bertz CT molecular complexity index is 845. The molecule has 110 valence electrons. The maximum Gasteiger partial charge on any atom is 0.258 e. The summed E-state index contributed by atoms with van der Waals surface area (Å²) in [5.74, 6) is -0.145. The van der Waals surface area contributed by atoms with Crippen LogP contribution in [0.4, 0.5) is 5.69 Å². The minimum absolute atomic E-state index is 0.0515. The van der Waals surface area contributed by atoms with Crippen molar-refractivity contribution in [1.82, 2.24) is 4.72 Å². The van der Waals surface area contributed by atoms with E-state index in [4.69, 9.17) is 5.11 Å². The smallest absolute Gasteiger partial charge is 0.258 e. The van der Waals surface area contributed by atoms with Crippen LogP contribution in [-0.4, -0.2) is 39.6 Å². The van der Waals surface area contributed by atoms with Gasteiger partial charge in [-0.05, 0) is 18.2 Å². The third kappa shape index (κ3) is 2.01. The second-order valence-electron chi connectivity index (χ2n) is 4.80. The number of nitrogens with zero attached hydrogens (tertiary/aromatic N) is 1. The highest BCUT2D eigenvalue weighted by atomic mass is 32.2. The van der Waals surface area contributed by atoms with E-state index < -0.39 is 10.0 Å². The van der Waals surface area contributed by atoms with Crippen LogP contribution in [-0.2, 0) is 10.0 Å². The minimum Gasteiger partial charge on any atom is -0.395 e. The molecule has 0 atom stereocenters. The number of hydrogen-bond donors (Lipinski definition) is 2. The normalized spacial score (nSPS) is 14.2. The van der Waals surface area contributed by atoms with Crippen molar-refractivity contribution in [3.05, 3.63) is 35.9 Å². The molecule has 0 aromatic heterocycles. The number of sulfonamides is 1. The van der Waals surface area contributed by atoms with Gasteiger partial charge in [0.1, 0.15) is 0 Å². The van der Waals surface area contributed by atoms with Crippen molar-refractivity contribution >= 4 is 32.4 Å². The predicted octanol–water partition coefficient (Wildman–Crippen LogP) is 0.700. The maximum absolute atomic E-state index is 12.3. The van der Waals surface area contributed by atoms with E-state index in [9.17, 15) is 13.2 Å². The first-order chi connectivity index (χ1) is 9.97. The van der Waals surface area contributed by atoms with E-state index in [1.807, 2.05) is 0 Å². The molecule has 1 aliphatic rings. The summed E-state index contributed by atoms with van der Waals surface area (Å²) in [5.41, 5.74) is 1.20. The summed E-state index contributed by atoms with van der Waals surface area (Å²) in [6.07, 6.45) is 0. The molecular weight excluding hydrogens is 292 g/mol. The van der Waals surface area contributed by atoms with E-state index in [1.54, 1.807) is 31.3 Å². The van der Waals surface area contributed by atoms with Crippen LogP contribution in [0.25, 0.3) is 10.8 Å². The monoisotopic (exact) mass is 306 g/mol. The van der Waals surface area contributed by atoms with Crippen molar-refractivity contribution in [1.29, 1.82) is 0 Å². The van der Waals surface area contributed by atoms with E-state index in [2.05, 4.69) is 4.72 Å². The summed E-state index contributed by atoms with van der Waals surface area (Å²) in [7, 11) is -2.07. The van der Waals surface area contributed by atoms with E-state index in [-0.39, 0.29) is 24.0 Å². The fraction of sp³-hybridized carbons (Fsp3) is 0.214. The lowest BCUT2D eigenvalue weighted by molar-refractivity contribution is 0.0999. The first-order valence-corrected chi connectivity index (χ1v) is 7.90. The van der Waals surface area contributed by atoms with Gasteiger partial charge in [-0.3, -0.25) is 4.79 Å². The highest BCUT2D eigenvalue weighted by molar-refractivity contribution is 7.89. The Morgan fingerprint density at radius 3 is 2.71 bits per heavy atom. The molecule has 0 fully saturated rings. The van der Waals surface area contributed by atoms with Crippen LogP contribution in [0, 0.1) is 0 Å². The Morgan fingerprint density at radius 1 is 1.24 bits per heavy atom. The van der Waals surface area contributed by atoms with Crippen LogP contribution >= 0.6 is 0 Å². The van der Waals surface area contributed by atoms with E-state index in [0.717, 1.165) is 0 Å².